The van der Waals surface area contributed by atoms with E-state index in [1.54, 1.807) is 36.3 Å². The molecule has 0 atom stereocenters. The van der Waals surface area contributed by atoms with Crippen LogP contribution in [0.2, 0.25) is 0 Å². The normalized spacial score (nSPS) is 12.5. The number of nitrogens with zero attached hydrogens (tertiary/aromatic N) is 3. The van der Waals surface area contributed by atoms with E-state index in [0.717, 1.165) is 58.8 Å². The lowest BCUT2D eigenvalue weighted by Gasteiger charge is -2.29. The molecule has 3 N–H and O–H groups in total. The maximum absolute atomic E-state index is 13.8. The van der Waals surface area contributed by atoms with Gasteiger partial charge in [0.1, 0.15) is 5.78 Å². The van der Waals surface area contributed by atoms with Crippen LogP contribution >= 0.6 is 11.8 Å². The Labute approximate surface area is 366 Å². The summed E-state index contributed by atoms with van der Waals surface area (Å²) in [7, 11) is 0. The fourth-order valence-corrected chi connectivity index (χ4v) is 7.74. The molecule has 0 aliphatic carbocycles. The Morgan fingerprint density at radius 1 is 0.661 bits per heavy atom. The molecule has 62 heavy (non-hydrogen) atoms. The second-order valence-electron chi connectivity index (χ2n) is 14.8. The van der Waals surface area contributed by atoms with Crippen LogP contribution in [0.25, 0.3) is 11.1 Å². The minimum atomic E-state index is -0.893. The molecule has 0 radical (unpaired) electrons. The van der Waals surface area contributed by atoms with E-state index < -0.39 is 11.9 Å². The lowest BCUT2D eigenvalue weighted by Crippen LogP contribution is -2.29. The van der Waals surface area contributed by atoms with E-state index in [0.29, 0.717) is 74.9 Å². The third kappa shape index (κ3) is 14.9. The number of carbonyl (C=O) groups is 4. The van der Waals surface area contributed by atoms with Gasteiger partial charge in [-0.25, -0.2) is 9.97 Å². The topological polar surface area (TPSA) is 169 Å². The first-order valence-corrected chi connectivity index (χ1v) is 22.0. The van der Waals surface area contributed by atoms with Gasteiger partial charge in [-0.05, 0) is 84.8 Å². The highest BCUT2D eigenvalue weighted by molar-refractivity contribution is 7.98. The second-order valence-corrected chi connectivity index (χ2v) is 15.8. The number of piperidine rings is 1. The van der Waals surface area contributed by atoms with E-state index in [2.05, 4.69) is 25.5 Å². The first kappa shape index (κ1) is 45.6. The number of ketones is 1. The van der Waals surface area contributed by atoms with Gasteiger partial charge in [0, 0.05) is 72.4 Å². The van der Waals surface area contributed by atoms with Crippen molar-refractivity contribution >= 4 is 52.7 Å². The summed E-state index contributed by atoms with van der Waals surface area (Å²) in [5.41, 5.74) is 5.77. The Balaban J connectivity index is 0.988. The number of aromatic nitrogens is 2. The third-order valence-corrected chi connectivity index (χ3v) is 11.1. The Morgan fingerprint density at radius 3 is 2.13 bits per heavy atom. The summed E-state index contributed by atoms with van der Waals surface area (Å²) in [6, 6.07) is 30.7. The van der Waals surface area contributed by atoms with Crippen molar-refractivity contribution < 1.29 is 38.5 Å². The Hall–Kier alpha value is -5.93. The van der Waals surface area contributed by atoms with E-state index in [-0.39, 0.29) is 30.7 Å². The molecular weight excluding hydrogens is 807 g/mol. The number of aliphatic carboxylic acids is 1. The maximum atomic E-state index is 13.8. The van der Waals surface area contributed by atoms with E-state index in [4.69, 9.17) is 19.3 Å². The number of nitrogens with one attached hydrogen (secondary N) is 2. The standard InChI is InChI=1S/C48H53N5O8S/c54-41(15-9-22-59-24-26-61-27-25-60-23-19-45(55)56)29-35-10-8-16-42(30-35)62-34-36-11-7-14-38(28-36)46(57)51-44-18-17-40(53-20-5-2-6-21-53)31-43(44)47(58)52-48-49-32-39(33-50-48)37-12-3-1-4-13-37/h1,3-4,7-8,10-14,16-18,28,30-33H,2,5-6,9,15,19-27,29,34H2,(H,51,57)(H,55,56)(H,49,50,52,58). The smallest absolute Gasteiger partial charge is 0.305 e. The van der Waals surface area contributed by atoms with Crippen molar-refractivity contribution in [2.24, 2.45) is 0 Å². The zero-order valence-corrected chi connectivity index (χ0v) is 35.6. The molecule has 0 bridgehead atoms. The predicted octanol–water partition coefficient (Wildman–Crippen LogP) is 8.35. The summed E-state index contributed by atoms with van der Waals surface area (Å²) < 4.78 is 16.1. The van der Waals surface area contributed by atoms with Crippen LogP contribution in [0.4, 0.5) is 17.3 Å². The minimum Gasteiger partial charge on any atom is -0.481 e. The monoisotopic (exact) mass is 859 g/mol. The molecular formula is C48H53N5O8S. The fourth-order valence-electron chi connectivity index (χ4n) is 6.82. The first-order chi connectivity index (χ1) is 30.3. The minimum absolute atomic E-state index is 0.0293. The molecule has 0 spiro atoms. The summed E-state index contributed by atoms with van der Waals surface area (Å²) in [5, 5.41) is 14.4. The van der Waals surface area contributed by atoms with Crippen LogP contribution in [0, 0.1) is 0 Å². The van der Waals surface area contributed by atoms with Gasteiger partial charge >= 0.3 is 5.97 Å². The largest absolute Gasteiger partial charge is 0.481 e. The molecule has 1 aliphatic heterocycles. The zero-order valence-electron chi connectivity index (χ0n) is 34.8. The van der Waals surface area contributed by atoms with Crippen molar-refractivity contribution in [3.8, 4) is 11.1 Å². The molecule has 4 aromatic carbocycles. The number of carbonyl (C=O) groups excluding carboxylic acids is 3. The summed E-state index contributed by atoms with van der Waals surface area (Å²) in [6.45, 7) is 3.92. The van der Waals surface area contributed by atoms with Crippen molar-refractivity contribution in [2.75, 3.05) is 68.3 Å². The fraction of sp³-hybridized carbons (Fsp3) is 0.333. The average Bonchev–Trinajstić information content (AvgIpc) is 3.29. The van der Waals surface area contributed by atoms with Crippen molar-refractivity contribution in [2.45, 2.75) is 55.6 Å². The Bertz CT molecular complexity index is 2230. The number of hydrogen-bond acceptors (Lipinski definition) is 11. The number of benzene rings is 4. The van der Waals surface area contributed by atoms with Gasteiger partial charge in [0.05, 0.1) is 50.7 Å². The van der Waals surface area contributed by atoms with Gasteiger partial charge in [-0.15, -0.1) is 11.8 Å². The van der Waals surface area contributed by atoms with E-state index in [1.807, 2.05) is 84.9 Å². The Morgan fingerprint density at radius 2 is 1.37 bits per heavy atom. The van der Waals surface area contributed by atoms with E-state index in [9.17, 15) is 19.2 Å². The Kier molecular flexibility index (Phi) is 18.0. The molecule has 1 aliphatic rings. The van der Waals surface area contributed by atoms with E-state index in [1.165, 1.54) is 6.42 Å². The summed E-state index contributed by atoms with van der Waals surface area (Å²) in [6.07, 6.45) is 8.02. The molecule has 13 nitrogen and oxygen atoms in total. The second kappa shape index (κ2) is 24.5. The van der Waals surface area contributed by atoms with Gasteiger partial charge in [0.25, 0.3) is 11.8 Å². The predicted molar refractivity (Wildman–Crippen MR) is 241 cm³/mol. The summed E-state index contributed by atoms with van der Waals surface area (Å²) in [4.78, 5) is 62.8. The zero-order chi connectivity index (χ0) is 43.4. The van der Waals surface area contributed by atoms with Crippen molar-refractivity contribution in [3.63, 3.8) is 0 Å². The average molecular weight is 860 g/mol. The molecule has 2 amide bonds. The molecule has 324 valence electrons. The van der Waals surface area contributed by atoms with Gasteiger partial charge in [-0.1, -0.05) is 54.6 Å². The number of thioether (sulfide) groups is 1. The number of hydrogen-bond donors (Lipinski definition) is 3. The highest BCUT2D eigenvalue weighted by atomic mass is 32.2. The van der Waals surface area contributed by atoms with Crippen LogP contribution in [0.3, 0.4) is 0 Å². The maximum Gasteiger partial charge on any atom is 0.305 e. The molecule has 14 heteroatoms. The molecule has 6 rings (SSSR count). The number of ether oxygens (including phenoxy) is 3. The lowest BCUT2D eigenvalue weighted by molar-refractivity contribution is -0.138. The molecule has 0 unspecified atom stereocenters. The van der Waals surface area contributed by atoms with Gasteiger partial charge < -0.3 is 29.5 Å². The van der Waals surface area contributed by atoms with Crippen molar-refractivity contribution in [1.82, 2.24) is 9.97 Å². The molecule has 1 saturated heterocycles. The highest BCUT2D eigenvalue weighted by Gasteiger charge is 2.20. The van der Waals surface area contributed by atoms with Crippen LogP contribution in [0.1, 0.15) is 70.4 Å². The molecule has 1 aromatic heterocycles. The highest BCUT2D eigenvalue weighted by Crippen LogP contribution is 2.29. The molecule has 1 fully saturated rings. The molecule has 2 heterocycles. The lowest BCUT2D eigenvalue weighted by atomic mass is 10.1. The van der Waals surface area contributed by atoms with Crippen LogP contribution in [0.15, 0.2) is 114 Å². The number of Topliss-reactive ketones (excluding diaryl/α,β-unsaturated/α-hetero) is 1. The summed E-state index contributed by atoms with van der Waals surface area (Å²) >= 11 is 1.62. The van der Waals surface area contributed by atoms with E-state index >= 15 is 0 Å². The third-order valence-electron chi connectivity index (χ3n) is 10.0. The quantitative estimate of drug-likeness (QED) is 0.0401. The van der Waals surface area contributed by atoms with Crippen molar-refractivity contribution in [3.05, 3.63) is 132 Å². The van der Waals surface area contributed by atoms with Gasteiger partial charge in [-0.2, -0.15) is 0 Å². The number of rotatable bonds is 24. The molecule has 0 saturated carbocycles. The number of amides is 2. The SMILES string of the molecule is O=C(O)CCOCCOCCOCCCC(=O)Cc1cccc(SCc2cccc(C(=O)Nc3ccc(N4CCCCC4)cc3C(=O)Nc3ncc(-c4ccccc4)cn3)c2)c1. The van der Waals surface area contributed by atoms with Crippen LogP contribution in [-0.2, 0) is 36.0 Å². The van der Waals surface area contributed by atoms with Gasteiger partial charge in [-0.3, -0.25) is 24.5 Å². The summed E-state index contributed by atoms with van der Waals surface area (Å²) in [5.74, 6) is -0.749. The van der Waals surface area contributed by atoms with Gasteiger partial charge in [0.2, 0.25) is 5.95 Å². The van der Waals surface area contributed by atoms with Crippen LogP contribution in [-0.4, -0.2) is 91.4 Å². The van der Waals surface area contributed by atoms with Crippen LogP contribution < -0.4 is 15.5 Å². The number of carboxylic acids is 1. The number of carboxylic acid groups (broad SMARTS) is 1. The number of anilines is 3. The first-order valence-electron chi connectivity index (χ1n) is 21.0. The molecule has 5 aromatic rings. The van der Waals surface area contributed by atoms with Crippen molar-refractivity contribution in [1.29, 1.82) is 0 Å². The van der Waals surface area contributed by atoms with Crippen LogP contribution in [0.5, 0.6) is 0 Å². The van der Waals surface area contributed by atoms with Gasteiger partial charge in [0.15, 0.2) is 0 Å².